The van der Waals surface area contributed by atoms with E-state index in [1.54, 1.807) is 0 Å². The van der Waals surface area contributed by atoms with Gasteiger partial charge in [0.25, 0.3) is 0 Å². The van der Waals surface area contributed by atoms with Crippen LogP contribution in [0.15, 0.2) is 48.5 Å². The van der Waals surface area contributed by atoms with Crippen molar-refractivity contribution in [2.24, 2.45) is 0 Å². The number of thiocarbonyl (C=S) groups is 1. The molecule has 4 N–H and O–H groups in total. The summed E-state index contributed by atoms with van der Waals surface area (Å²) in [5.41, 5.74) is 8.08. The smallest absolute Gasteiger partial charge is 0.250 e. The first kappa shape index (κ1) is 23.7. The van der Waals surface area contributed by atoms with Gasteiger partial charge in [0.05, 0.1) is 0 Å². The minimum Gasteiger partial charge on any atom is -0.326 e. The van der Waals surface area contributed by atoms with Crippen molar-refractivity contribution in [3.05, 3.63) is 71.0 Å². The molecule has 0 unspecified atom stereocenters. The molecule has 0 atom stereocenters. The van der Waals surface area contributed by atoms with Gasteiger partial charge in [-0.3, -0.25) is 30.6 Å². The highest BCUT2D eigenvalue weighted by Crippen LogP contribution is 2.16. The maximum Gasteiger partial charge on any atom is 0.250 e. The van der Waals surface area contributed by atoms with E-state index in [4.69, 9.17) is 12.2 Å². The zero-order chi connectivity index (χ0) is 22.8. The van der Waals surface area contributed by atoms with Gasteiger partial charge in [0.2, 0.25) is 17.7 Å². The van der Waals surface area contributed by atoms with Crippen molar-refractivity contribution < 1.29 is 18.8 Å². The van der Waals surface area contributed by atoms with Crippen molar-refractivity contribution in [2.45, 2.75) is 26.7 Å². The lowest BCUT2D eigenvalue weighted by Gasteiger charge is -2.11. The second-order valence-electron chi connectivity index (χ2n) is 6.74. The number of carbonyl (C=O) groups is 3. The van der Waals surface area contributed by atoms with Crippen LogP contribution in [0.3, 0.4) is 0 Å². The fraction of sp³-hybridized carbons (Fsp3) is 0.182. The van der Waals surface area contributed by atoms with Crippen LogP contribution in [0.25, 0.3) is 6.08 Å². The van der Waals surface area contributed by atoms with Crippen molar-refractivity contribution in [3.63, 3.8) is 0 Å². The van der Waals surface area contributed by atoms with Gasteiger partial charge >= 0.3 is 0 Å². The van der Waals surface area contributed by atoms with Gasteiger partial charge in [-0.25, -0.2) is 4.39 Å². The molecular weight excluding hydrogens is 419 g/mol. The number of amides is 3. The fourth-order valence-corrected chi connectivity index (χ4v) is 2.66. The van der Waals surface area contributed by atoms with E-state index in [2.05, 4.69) is 21.5 Å². The average Bonchev–Trinajstić information content (AvgIpc) is 2.72. The van der Waals surface area contributed by atoms with E-state index in [0.29, 0.717) is 11.3 Å². The van der Waals surface area contributed by atoms with Crippen LogP contribution in [-0.2, 0) is 14.4 Å². The molecule has 0 fully saturated rings. The number of hydrazine groups is 1. The van der Waals surface area contributed by atoms with Crippen LogP contribution in [0.2, 0.25) is 0 Å². The van der Waals surface area contributed by atoms with Crippen LogP contribution in [0, 0.1) is 19.7 Å². The zero-order valence-corrected chi connectivity index (χ0v) is 17.9. The third-order valence-corrected chi connectivity index (χ3v) is 4.29. The molecule has 0 saturated heterocycles. The van der Waals surface area contributed by atoms with Gasteiger partial charge in [-0.2, -0.15) is 0 Å². The summed E-state index contributed by atoms with van der Waals surface area (Å²) in [6.07, 6.45) is 2.63. The minimum atomic E-state index is -0.524. The average molecular weight is 443 g/mol. The van der Waals surface area contributed by atoms with E-state index < -0.39 is 11.8 Å². The molecular formula is C22H23FN4O3S. The Labute approximate surface area is 185 Å². The lowest BCUT2D eigenvalue weighted by atomic mass is 10.1. The van der Waals surface area contributed by atoms with Crippen molar-refractivity contribution in [1.29, 1.82) is 0 Å². The Hall–Kier alpha value is -3.59. The molecule has 0 radical (unpaired) electrons. The molecule has 0 saturated carbocycles. The first-order chi connectivity index (χ1) is 14.7. The van der Waals surface area contributed by atoms with Gasteiger partial charge in [0.1, 0.15) is 5.82 Å². The molecule has 0 heterocycles. The predicted molar refractivity (Wildman–Crippen MR) is 121 cm³/mol. The highest BCUT2D eigenvalue weighted by molar-refractivity contribution is 7.80. The van der Waals surface area contributed by atoms with E-state index in [9.17, 15) is 18.8 Å². The third-order valence-electron chi connectivity index (χ3n) is 4.08. The molecule has 3 amide bonds. The van der Waals surface area contributed by atoms with E-state index in [-0.39, 0.29) is 29.7 Å². The van der Waals surface area contributed by atoms with Gasteiger partial charge in [-0.15, -0.1) is 0 Å². The molecule has 2 aromatic rings. The number of aryl methyl sites for hydroxylation is 2. The van der Waals surface area contributed by atoms with Gasteiger partial charge in [-0.05, 0) is 61.5 Å². The van der Waals surface area contributed by atoms with Crippen molar-refractivity contribution in [1.82, 2.24) is 16.2 Å². The Morgan fingerprint density at radius 1 is 0.968 bits per heavy atom. The lowest BCUT2D eigenvalue weighted by Crippen LogP contribution is -2.48. The largest absolute Gasteiger partial charge is 0.326 e. The van der Waals surface area contributed by atoms with E-state index in [1.165, 1.54) is 36.4 Å². The summed E-state index contributed by atoms with van der Waals surface area (Å²) in [7, 11) is 0. The summed E-state index contributed by atoms with van der Waals surface area (Å²) in [6.45, 7) is 3.86. The molecule has 0 aliphatic heterocycles. The molecule has 31 heavy (non-hydrogen) atoms. The normalized spacial score (nSPS) is 10.4. The minimum absolute atomic E-state index is 0.0135. The number of halogens is 1. The number of carbonyl (C=O) groups excluding carboxylic acids is 3. The second kappa shape index (κ2) is 11.6. The quantitative estimate of drug-likeness (QED) is 0.313. The summed E-state index contributed by atoms with van der Waals surface area (Å²) in [5.74, 6) is -1.65. The van der Waals surface area contributed by atoms with Gasteiger partial charge in [0.15, 0.2) is 5.11 Å². The highest BCUT2D eigenvalue weighted by atomic mass is 32.1. The van der Waals surface area contributed by atoms with Crippen LogP contribution < -0.4 is 21.5 Å². The molecule has 0 spiro atoms. The summed E-state index contributed by atoms with van der Waals surface area (Å²) in [5, 5.41) is 5.01. The van der Waals surface area contributed by atoms with Crippen molar-refractivity contribution >= 4 is 46.8 Å². The van der Waals surface area contributed by atoms with Crippen LogP contribution >= 0.6 is 12.2 Å². The highest BCUT2D eigenvalue weighted by Gasteiger charge is 2.09. The maximum absolute atomic E-state index is 12.8. The van der Waals surface area contributed by atoms with Crippen molar-refractivity contribution in [2.75, 3.05) is 5.32 Å². The molecule has 0 aromatic heterocycles. The van der Waals surface area contributed by atoms with Gasteiger partial charge in [-0.1, -0.05) is 29.8 Å². The second-order valence-corrected chi connectivity index (χ2v) is 7.15. The molecule has 2 aromatic carbocycles. The Morgan fingerprint density at radius 2 is 1.65 bits per heavy atom. The van der Waals surface area contributed by atoms with Crippen LogP contribution in [0.1, 0.15) is 29.5 Å². The maximum atomic E-state index is 12.8. The first-order valence-electron chi connectivity index (χ1n) is 9.43. The SMILES string of the molecule is Cc1ccc(NC(=O)CCC(=O)NNC(=S)NC(=O)C=Cc2ccc(F)cc2)c(C)c1. The lowest BCUT2D eigenvalue weighted by molar-refractivity contribution is -0.124. The van der Waals surface area contributed by atoms with Gasteiger partial charge in [0, 0.05) is 24.6 Å². The number of anilines is 1. The summed E-state index contributed by atoms with van der Waals surface area (Å²) >= 11 is 4.92. The Morgan fingerprint density at radius 3 is 2.32 bits per heavy atom. The molecule has 0 aliphatic rings. The summed E-state index contributed by atoms with van der Waals surface area (Å²) in [4.78, 5) is 35.7. The Balaban J connectivity index is 1.67. The number of rotatable bonds is 6. The molecule has 162 valence electrons. The molecule has 7 nitrogen and oxygen atoms in total. The first-order valence-corrected chi connectivity index (χ1v) is 9.84. The van der Waals surface area contributed by atoms with Crippen molar-refractivity contribution in [3.8, 4) is 0 Å². The standard InChI is InChI=1S/C22H23FN4O3S/c1-14-3-9-18(15(2)13-14)24-19(28)11-12-21(30)26-27-22(31)25-20(29)10-6-16-4-7-17(23)8-5-16/h3-10,13H,11-12H2,1-2H3,(H,24,28)(H,26,30)(H2,25,27,29,31). The Bertz CT molecular complexity index is 1010. The monoisotopic (exact) mass is 442 g/mol. The number of nitrogens with one attached hydrogen (secondary N) is 4. The predicted octanol–water partition coefficient (Wildman–Crippen LogP) is 2.90. The van der Waals surface area contributed by atoms with Gasteiger partial charge < -0.3 is 5.32 Å². The zero-order valence-electron chi connectivity index (χ0n) is 17.1. The molecule has 0 aliphatic carbocycles. The van der Waals surface area contributed by atoms with E-state index in [1.807, 2.05) is 32.0 Å². The topological polar surface area (TPSA) is 99.3 Å². The van der Waals surface area contributed by atoms with Crippen LogP contribution in [0.5, 0.6) is 0 Å². The number of benzene rings is 2. The fourth-order valence-electron chi connectivity index (χ4n) is 2.51. The molecule has 2 rings (SSSR count). The summed E-state index contributed by atoms with van der Waals surface area (Å²) < 4.78 is 12.8. The molecule has 0 bridgehead atoms. The Kier molecular flexibility index (Phi) is 8.83. The summed E-state index contributed by atoms with van der Waals surface area (Å²) in [6, 6.07) is 11.3. The van der Waals surface area contributed by atoms with E-state index >= 15 is 0 Å². The third kappa shape index (κ3) is 8.75. The van der Waals surface area contributed by atoms with Crippen LogP contribution in [0.4, 0.5) is 10.1 Å². The number of hydrogen-bond acceptors (Lipinski definition) is 4. The van der Waals surface area contributed by atoms with E-state index in [0.717, 1.165) is 11.1 Å². The molecule has 9 heteroatoms. The van der Waals surface area contributed by atoms with Crippen LogP contribution in [-0.4, -0.2) is 22.8 Å². The number of hydrogen-bond donors (Lipinski definition) is 4.